The lowest BCUT2D eigenvalue weighted by Crippen LogP contribution is -2.54. The lowest BCUT2D eigenvalue weighted by molar-refractivity contribution is -0.140. The van der Waals surface area contributed by atoms with Gasteiger partial charge in [-0.05, 0) is 60.7 Å². The van der Waals surface area contributed by atoms with Gasteiger partial charge in [0.1, 0.15) is 12.6 Å². The maximum atomic E-state index is 14.2. The Morgan fingerprint density at radius 3 is 2.27 bits per heavy atom. The van der Waals surface area contributed by atoms with E-state index >= 15 is 0 Å². The van der Waals surface area contributed by atoms with Crippen LogP contribution in [0, 0.1) is 6.92 Å². The zero-order valence-corrected chi connectivity index (χ0v) is 25.6. The number of carbonyl (C=O) groups excluding carboxylic acids is 2. The number of anilines is 1. The molecule has 0 radical (unpaired) electrons. The van der Waals surface area contributed by atoms with Gasteiger partial charge in [0.2, 0.25) is 21.8 Å². The van der Waals surface area contributed by atoms with Crippen LogP contribution in [0.3, 0.4) is 0 Å². The van der Waals surface area contributed by atoms with Gasteiger partial charge >= 0.3 is 0 Å². The van der Waals surface area contributed by atoms with E-state index in [4.69, 9.17) is 23.2 Å². The van der Waals surface area contributed by atoms with Gasteiger partial charge in [-0.15, -0.1) is 0 Å². The number of rotatable bonds is 11. The topological polar surface area (TPSA) is 86.8 Å². The third kappa shape index (κ3) is 8.47. The van der Waals surface area contributed by atoms with Crippen molar-refractivity contribution in [1.82, 2.24) is 10.2 Å². The van der Waals surface area contributed by atoms with E-state index in [9.17, 15) is 18.0 Å². The van der Waals surface area contributed by atoms with Gasteiger partial charge in [0, 0.05) is 29.1 Å². The number of hydrogen-bond acceptors (Lipinski definition) is 4. The summed E-state index contributed by atoms with van der Waals surface area (Å²) in [6.45, 7) is 1.38. The summed E-state index contributed by atoms with van der Waals surface area (Å²) in [7, 11) is -3.87. The Kier molecular flexibility index (Phi) is 10.3. The SMILES string of the molecule is Cc1ccc(N(CC(=O)N(Cc2cccc(Cl)c2)[C@@H](Cc2ccccc2)C(=O)NC2CCCC2)S(C)(=O)=O)cc1Cl. The summed E-state index contributed by atoms with van der Waals surface area (Å²) in [5.74, 6) is -0.782. The molecule has 2 amide bonds. The Bertz CT molecular complexity index is 1480. The van der Waals surface area contributed by atoms with Gasteiger partial charge in [0.15, 0.2) is 0 Å². The highest BCUT2D eigenvalue weighted by Crippen LogP contribution is 2.26. The van der Waals surface area contributed by atoms with Gasteiger partial charge in [-0.2, -0.15) is 0 Å². The Hall–Kier alpha value is -3.07. The fourth-order valence-electron chi connectivity index (χ4n) is 5.10. The Morgan fingerprint density at radius 1 is 0.951 bits per heavy atom. The van der Waals surface area contributed by atoms with Gasteiger partial charge in [-0.25, -0.2) is 8.42 Å². The highest BCUT2D eigenvalue weighted by atomic mass is 35.5. The number of nitrogens with one attached hydrogen (secondary N) is 1. The van der Waals surface area contributed by atoms with E-state index < -0.39 is 28.5 Å². The highest BCUT2D eigenvalue weighted by molar-refractivity contribution is 7.92. The summed E-state index contributed by atoms with van der Waals surface area (Å²) in [5.41, 5.74) is 2.66. The molecule has 1 saturated carbocycles. The molecule has 0 aromatic heterocycles. The van der Waals surface area contributed by atoms with Gasteiger partial charge in [-0.1, -0.05) is 84.6 Å². The van der Waals surface area contributed by atoms with Crippen molar-refractivity contribution in [3.05, 3.63) is 99.5 Å². The third-order valence-electron chi connectivity index (χ3n) is 7.34. The van der Waals surface area contributed by atoms with Crippen molar-refractivity contribution in [2.24, 2.45) is 0 Å². The zero-order valence-electron chi connectivity index (χ0n) is 23.2. The summed E-state index contributed by atoms with van der Waals surface area (Å²) in [4.78, 5) is 29.5. The normalized spacial score (nSPS) is 14.4. The Morgan fingerprint density at radius 2 is 1.63 bits per heavy atom. The molecule has 0 bridgehead atoms. The second-order valence-corrected chi connectivity index (χ2v) is 13.3. The van der Waals surface area contributed by atoms with Gasteiger partial charge < -0.3 is 10.2 Å². The molecule has 3 aromatic rings. The number of sulfonamides is 1. The summed E-state index contributed by atoms with van der Waals surface area (Å²) in [6, 6.07) is 20.6. The van der Waals surface area contributed by atoms with Crippen molar-refractivity contribution in [1.29, 1.82) is 0 Å². The van der Waals surface area contributed by atoms with Gasteiger partial charge in [0.05, 0.1) is 11.9 Å². The number of halogens is 2. The monoisotopic (exact) mass is 615 g/mol. The predicted molar refractivity (Wildman–Crippen MR) is 165 cm³/mol. The zero-order chi connectivity index (χ0) is 29.6. The number of amides is 2. The molecule has 0 spiro atoms. The maximum absolute atomic E-state index is 14.2. The fraction of sp³-hybridized carbons (Fsp3) is 0.355. The molecule has 0 heterocycles. The average molecular weight is 617 g/mol. The van der Waals surface area contributed by atoms with Crippen LogP contribution in [-0.2, 0) is 32.6 Å². The minimum absolute atomic E-state index is 0.0473. The number of carbonyl (C=O) groups is 2. The minimum atomic E-state index is -3.87. The maximum Gasteiger partial charge on any atom is 0.244 e. The quantitative estimate of drug-likeness (QED) is 0.297. The standard InChI is InChI=1S/C31H35Cl2N3O4S/c1-22-15-16-27(19-28(22)33)36(41(2,39)40)21-30(37)35(20-24-11-8-12-25(32)17-24)29(18-23-9-4-3-5-10-23)31(38)34-26-13-6-7-14-26/h3-5,8-12,15-17,19,26,29H,6-7,13-14,18,20-21H2,1-2H3,(H,34,38)/t29-/m0/s1. The summed E-state index contributed by atoms with van der Waals surface area (Å²) in [6.07, 6.45) is 5.18. The first kappa shape index (κ1) is 30.9. The molecule has 3 aromatic carbocycles. The minimum Gasteiger partial charge on any atom is -0.352 e. The van der Waals surface area contributed by atoms with Crippen molar-refractivity contribution < 1.29 is 18.0 Å². The van der Waals surface area contributed by atoms with Crippen molar-refractivity contribution >= 4 is 50.7 Å². The van der Waals surface area contributed by atoms with Crippen LogP contribution in [0.4, 0.5) is 5.69 Å². The van der Waals surface area contributed by atoms with E-state index in [2.05, 4.69) is 5.32 Å². The summed E-state index contributed by atoms with van der Waals surface area (Å²) in [5, 5.41) is 4.04. The van der Waals surface area contributed by atoms with E-state index in [1.807, 2.05) is 43.3 Å². The lowest BCUT2D eigenvalue weighted by Gasteiger charge is -2.34. The Balaban J connectivity index is 1.73. The van der Waals surface area contributed by atoms with E-state index in [0.29, 0.717) is 10.0 Å². The van der Waals surface area contributed by atoms with Crippen LogP contribution in [0.5, 0.6) is 0 Å². The molecule has 0 aliphatic heterocycles. The van der Waals surface area contributed by atoms with Crippen molar-refractivity contribution in [3.8, 4) is 0 Å². The van der Waals surface area contributed by atoms with Crippen LogP contribution >= 0.6 is 23.2 Å². The molecule has 4 rings (SSSR count). The van der Waals surface area contributed by atoms with E-state index in [0.717, 1.165) is 52.9 Å². The molecule has 1 fully saturated rings. The molecule has 218 valence electrons. The van der Waals surface area contributed by atoms with Crippen LogP contribution < -0.4 is 9.62 Å². The molecule has 1 N–H and O–H groups in total. The van der Waals surface area contributed by atoms with Crippen LogP contribution in [-0.4, -0.2) is 50.0 Å². The number of benzene rings is 3. The van der Waals surface area contributed by atoms with Crippen molar-refractivity contribution in [2.45, 2.75) is 57.7 Å². The molecule has 1 atom stereocenters. The van der Waals surface area contributed by atoms with Crippen LogP contribution in [0.15, 0.2) is 72.8 Å². The van der Waals surface area contributed by atoms with Crippen molar-refractivity contribution in [3.63, 3.8) is 0 Å². The smallest absolute Gasteiger partial charge is 0.244 e. The number of nitrogens with zero attached hydrogens (tertiary/aromatic N) is 2. The summed E-state index contributed by atoms with van der Waals surface area (Å²) < 4.78 is 26.9. The van der Waals surface area contributed by atoms with Crippen LogP contribution in [0.25, 0.3) is 0 Å². The second kappa shape index (κ2) is 13.7. The second-order valence-electron chi connectivity index (χ2n) is 10.6. The van der Waals surface area contributed by atoms with E-state index in [1.165, 1.54) is 11.0 Å². The molecule has 1 aliphatic rings. The first-order chi connectivity index (χ1) is 19.5. The molecular formula is C31H35Cl2N3O4S. The van der Waals surface area contributed by atoms with Gasteiger partial charge in [0.25, 0.3) is 0 Å². The largest absolute Gasteiger partial charge is 0.352 e. The van der Waals surface area contributed by atoms with E-state index in [-0.39, 0.29) is 30.6 Å². The molecule has 0 unspecified atom stereocenters. The van der Waals surface area contributed by atoms with Crippen LogP contribution in [0.1, 0.15) is 42.4 Å². The third-order valence-corrected chi connectivity index (χ3v) is 9.12. The Labute approximate surface area is 252 Å². The fourth-order valence-corrected chi connectivity index (χ4v) is 6.33. The summed E-state index contributed by atoms with van der Waals surface area (Å²) >= 11 is 12.6. The average Bonchev–Trinajstić information content (AvgIpc) is 3.44. The highest BCUT2D eigenvalue weighted by Gasteiger charge is 2.34. The molecule has 7 nitrogen and oxygen atoms in total. The molecular weight excluding hydrogens is 581 g/mol. The molecule has 10 heteroatoms. The molecule has 0 saturated heterocycles. The van der Waals surface area contributed by atoms with E-state index in [1.54, 1.807) is 30.3 Å². The number of hydrogen-bond donors (Lipinski definition) is 1. The number of aryl methyl sites for hydroxylation is 1. The van der Waals surface area contributed by atoms with Gasteiger partial charge in [-0.3, -0.25) is 13.9 Å². The first-order valence-electron chi connectivity index (χ1n) is 13.6. The van der Waals surface area contributed by atoms with Crippen LogP contribution in [0.2, 0.25) is 10.0 Å². The molecule has 41 heavy (non-hydrogen) atoms. The lowest BCUT2D eigenvalue weighted by atomic mass is 10.0. The molecule has 1 aliphatic carbocycles. The first-order valence-corrected chi connectivity index (χ1v) is 16.2. The predicted octanol–water partition coefficient (Wildman–Crippen LogP) is 5.77. The van der Waals surface area contributed by atoms with Crippen molar-refractivity contribution in [2.75, 3.05) is 17.1 Å².